The molecule has 1 aromatic heterocycles. The summed E-state index contributed by atoms with van der Waals surface area (Å²) in [6, 6.07) is 0. The van der Waals surface area contributed by atoms with Crippen molar-refractivity contribution in [2.24, 2.45) is 5.92 Å². The number of hydrogen-bond donors (Lipinski definition) is 0. The van der Waals surface area contributed by atoms with Crippen LogP contribution in [0.15, 0.2) is 12.4 Å². The largest absolute Gasteiger partial charge is 0.378 e. The molecule has 0 amide bonds. The Morgan fingerprint density at radius 1 is 1.29 bits per heavy atom. The number of hydrogen-bond acceptors (Lipinski definition) is 3. The van der Waals surface area contributed by atoms with Gasteiger partial charge in [-0.2, -0.15) is 0 Å². The lowest BCUT2D eigenvalue weighted by Crippen LogP contribution is -2.19. The topological polar surface area (TPSA) is 35.0 Å². The van der Waals surface area contributed by atoms with E-state index in [1.54, 1.807) is 0 Å². The van der Waals surface area contributed by atoms with Gasteiger partial charge in [0.15, 0.2) is 0 Å². The highest BCUT2D eigenvalue weighted by Gasteiger charge is 2.22. The Labute approximate surface area is 104 Å². The van der Waals surface area contributed by atoms with Crippen molar-refractivity contribution in [2.45, 2.75) is 52.1 Å². The van der Waals surface area contributed by atoms with Crippen LogP contribution in [-0.4, -0.2) is 22.7 Å². The highest BCUT2D eigenvalue weighted by molar-refractivity contribution is 5.06. The third-order valence-electron chi connectivity index (χ3n) is 3.45. The first-order valence-corrected chi connectivity index (χ1v) is 6.59. The molecular weight excluding hydrogens is 212 g/mol. The molecule has 1 aromatic rings. The predicted molar refractivity (Wildman–Crippen MR) is 68.0 cm³/mol. The molecule has 1 aliphatic rings. The fourth-order valence-electron chi connectivity index (χ4n) is 2.28. The monoisotopic (exact) mass is 234 g/mol. The van der Waals surface area contributed by atoms with Gasteiger partial charge in [-0.05, 0) is 31.1 Å². The maximum Gasteiger partial charge on any atom is 0.0612 e. The average molecular weight is 234 g/mol. The summed E-state index contributed by atoms with van der Waals surface area (Å²) in [5.41, 5.74) is 2.15. The van der Waals surface area contributed by atoms with Crippen molar-refractivity contribution in [3.63, 3.8) is 0 Å². The zero-order valence-electron chi connectivity index (χ0n) is 11.0. The smallest absolute Gasteiger partial charge is 0.0612 e. The first-order valence-electron chi connectivity index (χ1n) is 6.59. The lowest BCUT2D eigenvalue weighted by Gasteiger charge is -2.17. The van der Waals surface area contributed by atoms with Crippen LogP contribution in [0.2, 0.25) is 0 Å². The molecule has 0 spiro atoms. The lowest BCUT2D eigenvalue weighted by molar-refractivity contribution is 0.0692. The van der Waals surface area contributed by atoms with Gasteiger partial charge >= 0.3 is 0 Å². The van der Waals surface area contributed by atoms with Crippen LogP contribution >= 0.6 is 0 Å². The van der Waals surface area contributed by atoms with Crippen molar-refractivity contribution in [1.82, 2.24) is 9.97 Å². The molecule has 0 N–H and O–H groups in total. The highest BCUT2D eigenvalue weighted by atomic mass is 16.5. The zero-order valence-corrected chi connectivity index (χ0v) is 11.0. The quantitative estimate of drug-likeness (QED) is 0.803. The van der Waals surface area contributed by atoms with Gasteiger partial charge in [0.25, 0.3) is 0 Å². The molecule has 17 heavy (non-hydrogen) atoms. The maximum atomic E-state index is 5.70. The van der Waals surface area contributed by atoms with Crippen LogP contribution in [0.5, 0.6) is 0 Å². The van der Waals surface area contributed by atoms with Gasteiger partial charge in [-0.1, -0.05) is 20.8 Å². The van der Waals surface area contributed by atoms with E-state index in [9.17, 15) is 0 Å². The van der Waals surface area contributed by atoms with E-state index >= 15 is 0 Å². The molecule has 2 unspecified atom stereocenters. The van der Waals surface area contributed by atoms with Gasteiger partial charge in [-0.25, -0.2) is 0 Å². The van der Waals surface area contributed by atoms with Gasteiger partial charge in [0, 0.05) is 19.0 Å². The first kappa shape index (κ1) is 12.5. The van der Waals surface area contributed by atoms with Crippen molar-refractivity contribution in [3.05, 3.63) is 23.8 Å². The van der Waals surface area contributed by atoms with Crippen molar-refractivity contribution >= 4 is 0 Å². The van der Waals surface area contributed by atoms with Gasteiger partial charge in [-0.3, -0.25) is 9.97 Å². The van der Waals surface area contributed by atoms with Crippen molar-refractivity contribution in [2.75, 3.05) is 6.61 Å². The second kappa shape index (κ2) is 5.58. The van der Waals surface area contributed by atoms with Gasteiger partial charge in [0.1, 0.15) is 0 Å². The second-order valence-corrected chi connectivity index (χ2v) is 5.32. The third kappa shape index (κ3) is 3.25. The van der Waals surface area contributed by atoms with Gasteiger partial charge < -0.3 is 4.74 Å². The summed E-state index contributed by atoms with van der Waals surface area (Å²) in [6.07, 6.45) is 7.60. The Morgan fingerprint density at radius 3 is 2.65 bits per heavy atom. The predicted octanol–water partition coefficient (Wildman–Crippen LogP) is 2.96. The first-order chi connectivity index (χ1) is 8.16. The Morgan fingerprint density at radius 2 is 2.12 bits per heavy atom. The number of aromatic nitrogens is 2. The van der Waals surface area contributed by atoms with Crippen molar-refractivity contribution in [1.29, 1.82) is 0 Å². The van der Waals surface area contributed by atoms with Crippen LogP contribution in [0.25, 0.3) is 0 Å². The molecule has 3 nitrogen and oxygen atoms in total. The molecule has 0 bridgehead atoms. The molecule has 0 aromatic carbocycles. The van der Waals surface area contributed by atoms with E-state index in [-0.39, 0.29) is 0 Å². The summed E-state index contributed by atoms with van der Waals surface area (Å²) < 4.78 is 5.70. The Hall–Kier alpha value is -0.960. The minimum Gasteiger partial charge on any atom is -0.378 e. The molecule has 2 heterocycles. The highest BCUT2D eigenvalue weighted by Crippen LogP contribution is 2.22. The molecule has 0 saturated carbocycles. The summed E-state index contributed by atoms with van der Waals surface area (Å²) in [5.74, 6) is 0.990. The number of ether oxygens (including phenoxy) is 1. The normalized spacial score (nSPS) is 22.0. The third-order valence-corrected chi connectivity index (χ3v) is 3.45. The van der Waals surface area contributed by atoms with Gasteiger partial charge in [0.2, 0.25) is 0 Å². The summed E-state index contributed by atoms with van der Waals surface area (Å²) in [4.78, 5) is 8.95. The van der Waals surface area contributed by atoms with Crippen LogP contribution in [-0.2, 0) is 11.2 Å². The molecule has 1 fully saturated rings. The maximum absolute atomic E-state index is 5.70. The molecule has 1 saturated heterocycles. The Bertz CT molecular complexity index is 342. The van der Waals surface area contributed by atoms with Crippen LogP contribution in [0.1, 0.15) is 50.9 Å². The minimum atomic E-state index is 0.418. The molecule has 2 rings (SSSR count). The van der Waals surface area contributed by atoms with Crippen LogP contribution in [0.4, 0.5) is 0 Å². The number of nitrogens with zero attached hydrogens (tertiary/aromatic N) is 2. The van der Waals surface area contributed by atoms with Crippen molar-refractivity contribution in [3.8, 4) is 0 Å². The van der Waals surface area contributed by atoms with E-state index in [2.05, 4.69) is 30.7 Å². The second-order valence-electron chi connectivity index (χ2n) is 5.32. The molecule has 3 heteroatoms. The average Bonchev–Trinajstić information content (AvgIpc) is 2.83. The Kier molecular flexibility index (Phi) is 4.11. The van der Waals surface area contributed by atoms with Crippen LogP contribution < -0.4 is 0 Å². The summed E-state index contributed by atoms with van der Waals surface area (Å²) in [7, 11) is 0. The lowest BCUT2D eigenvalue weighted by atomic mass is 9.97. The molecule has 0 radical (unpaired) electrons. The fraction of sp³-hybridized carbons (Fsp3) is 0.714. The molecular formula is C14H22N2O. The summed E-state index contributed by atoms with van der Waals surface area (Å²) in [5, 5.41) is 0. The van der Waals surface area contributed by atoms with Crippen LogP contribution in [0.3, 0.4) is 0 Å². The minimum absolute atomic E-state index is 0.418. The molecule has 0 aliphatic carbocycles. The summed E-state index contributed by atoms with van der Waals surface area (Å²) in [6.45, 7) is 7.44. The molecule has 1 aliphatic heterocycles. The van der Waals surface area contributed by atoms with Crippen molar-refractivity contribution < 1.29 is 4.74 Å². The standard InChI is InChI=1S/C14H22N2O/c1-10(2)13-9-15-12(8-16-13)7-11(3)14-5-4-6-17-14/h8-11,14H,4-7H2,1-3H3. The Balaban J connectivity index is 1.93. The van der Waals surface area contributed by atoms with E-state index in [0.717, 1.165) is 24.4 Å². The fourth-order valence-corrected chi connectivity index (χ4v) is 2.28. The SMILES string of the molecule is CC(C)c1cnc(CC(C)C2CCCO2)cn1. The molecule has 2 atom stereocenters. The van der Waals surface area contributed by atoms with E-state index in [4.69, 9.17) is 4.74 Å². The number of rotatable bonds is 4. The zero-order chi connectivity index (χ0) is 12.3. The van der Waals surface area contributed by atoms with Crippen LogP contribution in [0, 0.1) is 5.92 Å². The van der Waals surface area contributed by atoms with Gasteiger partial charge in [0.05, 0.1) is 17.5 Å². The summed E-state index contributed by atoms with van der Waals surface area (Å²) >= 11 is 0. The van der Waals surface area contributed by atoms with Gasteiger partial charge in [-0.15, -0.1) is 0 Å². The van der Waals surface area contributed by atoms with E-state index in [1.807, 2.05) is 12.4 Å². The van der Waals surface area contributed by atoms with E-state index in [1.165, 1.54) is 12.8 Å². The molecule has 94 valence electrons. The van der Waals surface area contributed by atoms with E-state index in [0.29, 0.717) is 17.9 Å². The van der Waals surface area contributed by atoms with E-state index < -0.39 is 0 Å².